The van der Waals surface area contributed by atoms with Crippen LogP contribution in [0.2, 0.25) is 5.02 Å². The fraction of sp³-hybridized carbons (Fsp3) is 0.182. The minimum atomic E-state index is -3.85. The SMILES string of the molecule is O=C(CS(=O)(=O)C/C(=N/O)c1ccc(Cl)cc1)NNC(=S)[S-]. The van der Waals surface area contributed by atoms with Crippen LogP contribution in [0.3, 0.4) is 0 Å². The average molecular weight is 381 g/mol. The van der Waals surface area contributed by atoms with Gasteiger partial charge in [-0.2, -0.15) is 0 Å². The molecule has 0 aliphatic rings. The van der Waals surface area contributed by atoms with E-state index in [-0.39, 0.29) is 10.0 Å². The fourth-order valence-corrected chi connectivity index (χ4v) is 2.87. The molecule has 22 heavy (non-hydrogen) atoms. The third-order valence-corrected chi connectivity index (χ3v) is 4.18. The molecule has 0 bridgehead atoms. The molecule has 1 aromatic carbocycles. The molecule has 0 aromatic heterocycles. The highest BCUT2D eigenvalue weighted by molar-refractivity contribution is 8.00. The van der Waals surface area contributed by atoms with Gasteiger partial charge >= 0.3 is 0 Å². The number of carbonyl (C=O) groups is 1. The molecule has 0 aliphatic carbocycles. The van der Waals surface area contributed by atoms with Gasteiger partial charge in [-0.1, -0.05) is 28.9 Å². The first-order valence-electron chi connectivity index (χ1n) is 5.66. The lowest BCUT2D eigenvalue weighted by atomic mass is 10.1. The zero-order valence-electron chi connectivity index (χ0n) is 10.9. The van der Waals surface area contributed by atoms with Crippen LogP contribution < -0.4 is 10.9 Å². The summed E-state index contributed by atoms with van der Waals surface area (Å²) in [7, 11) is -3.85. The van der Waals surface area contributed by atoms with Crippen LogP contribution in [0, 0.1) is 0 Å². The van der Waals surface area contributed by atoms with Gasteiger partial charge in [-0.05, 0) is 16.5 Å². The Morgan fingerprint density at radius 2 is 1.86 bits per heavy atom. The number of nitrogens with zero attached hydrogens (tertiary/aromatic N) is 1. The molecule has 0 atom stereocenters. The molecule has 7 nitrogen and oxygen atoms in total. The first-order valence-corrected chi connectivity index (χ1v) is 8.68. The van der Waals surface area contributed by atoms with E-state index in [0.29, 0.717) is 10.6 Å². The Hall–Kier alpha value is -1.49. The highest BCUT2D eigenvalue weighted by Gasteiger charge is 2.21. The minimum absolute atomic E-state index is 0.101. The lowest BCUT2D eigenvalue weighted by Gasteiger charge is -2.11. The second kappa shape index (κ2) is 8.22. The molecule has 11 heteroatoms. The maximum atomic E-state index is 11.9. The molecule has 120 valence electrons. The van der Waals surface area contributed by atoms with Crippen molar-refractivity contribution in [1.29, 1.82) is 0 Å². The minimum Gasteiger partial charge on any atom is -0.411 e. The van der Waals surface area contributed by atoms with Crippen LogP contribution in [0.5, 0.6) is 0 Å². The van der Waals surface area contributed by atoms with Crippen LogP contribution in [0.1, 0.15) is 5.56 Å². The molecule has 0 heterocycles. The van der Waals surface area contributed by atoms with Crippen LogP contribution in [-0.4, -0.2) is 41.1 Å². The van der Waals surface area contributed by atoms with E-state index in [0.717, 1.165) is 0 Å². The number of halogens is 1. The number of sulfone groups is 1. The first-order chi connectivity index (χ1) is 10.2. The molecular weight excluding hydrogens is 370 g/mol. The quantitative estimate of drug-likeness (QED) is 0.223. The second-order valence-electron chi connectivity index (χ2n) is 4.05. The number of rotatable bonds is 5. The van der Waals surface area contributed by atoms with E-state index in [2.05, 4.69) is 35.4 Å². The number of hydrazine groups is 1. The van der Waals surface area contributed by atoms with E-state index >= 15 is 0 Å². The van der Waals surface area contributed by atoms with Crippen molar-refractivity contribution in [2.75, 3.05) is 11.5 Å². The zero-order chi connectivity index (χ0) is 16.8. The van der Waals surface area contributed by atoms with Crippen molar-refractivity contribution in [1.82, 2.24) is 10.9 Å². The highest BCUT2D eigenvalue weighted by Crippen LogP contribution is 2.11. The summed E-state index contributed by atoms with van der Waals surface area (Å²) >= 11 is 14.7. The third-order valence-electron chi connectivity index (χ3n) is 2.31. The molecule has 0 aliphatic heterocycles. The van der Waals surface area contributed by atoms with Crippen molar-refractivity contribution >= 4 is 62.2 Å². The van der Waals surface area contributed by atoms with Gasteiger partial charge in [-0.25, -0.2) is 8.42 Å². The van der Waals surface area contributed by atoms with E-state index in [4.69, 9.17) is 16.8 Å². The molecule has 0 unspecified atom stereocenters. The van der Waals surface area contributed by atoms with E-state index in [1.165, 1.54) is 24.3 Å². The molecule has 0 radical (unpaired) electrons. The monoisotopic (exact) mass is 380 g/mol. The number of amides is 1. The number of benzene rings is 1. The molecule has 0 saturated heterocycles. The van der Waals surface area contributed by atoms with E-state index in [1.54, 1.807) is 0 Å². The lowest BCUT2D eigenvalue weighted by Crippen LogP contribution is -2.43. The number of oxime groups is 1. The average Bonchev–Trinajstić information content (AvgIpc) is 2.43. The van der Waals surface area contributed by atoms with E-state index in [9.17, 15) is 13.2 Å². The van der Waals surface area contributed by atoms with Crippen molar-refractivity contribution < 1.29 is 18.4 Å². The van der Waals surface area contributed by atoms with Gasteiger partial charge in [0.25, 0.3) is 5.91 Å². The molecule has 1 amide bonds. The van der Waals surface area contributed by atoms with Crippen LogP contribution in [0.15, 0.2) is 29.4 Å². The van der Waals surface area contributed by atoms with Gasteiger partial charge in [0.2, 0.25) is 0 Å². The molecule has 0 saturated carbocycles. The van der Waals surface area contributed by atoms with Gasteiger partial charge in [0, 0.05) is 10.6 Å². The summed E-state index contributed by atoms with van der Waals surface area (Å²) in [5.41, 5.74) is 4.48. The summed E-state index contributed by atoms with van der Waals surface area (Å²) < 4.78 is 23.7. The van der Waals surface area contributed by atoms with Crippen molar-refractivity contribution in [3.05, 3.63) is 34.9 Å². The Morgan fingerprint density at radius 1 is 1.27 bits per heavy atom. The molecular formula is C11H11ClN3O4S3-. The maximum absolute atomic E-state index is 11.9. The Balaban J connectivity index is 2.75. The first kappa shape index (κ1) is 18.6. The molecule has 1 aromatic rings. The number of thiocarbonyl (C=S) groups is 1. The largest absolute Gasteiger partial charge is 0.411 e. The summed E-state index contributed by atoms with van der Waals surface area (Å²) in [5.74, 6) is -2.26. The highest BCUT2D eigenvalue weighted by atomic mass is 35.5. The van der Waals surface area contributed by atoms with Crippen LogP contribution in [0.25, 0.3) is 0 Å². The maximum Gasteiger partial charge on any atom is 0.253 e. The van der Waals surface area contributed by atoms with Gasteiger partial charge < -0.3 is 35.5 Å². The lowest BCUT2D eigenvalue weighted by molar-refractivity contribution is -0.119. The second-order valence-corrected chi connectivity index (χ2v) is 7.62. The molecule has 3 N–H and O–H groups in total. The molecule has 1 rings (SSSR count). The Morgan fingerprint density at radius 3 is 2.36 bits per heavy atom. The van der Waals surface area contributed by atoms with Crippen LogP contribution in [0.4, 0.5) is 0 Å². The smallest absolute Gasteiger partial charge is 0.253 e. The van der Waals surface area contributed by atoms with E-state index in [1.807, 2.05) is 5.43 Å². The van der Waals surface area contributed by atoms with Crippen molar-refractivity contribution in [2.45, 2.75) is 0 Å². The van der Waals surface area contributed by atoms with Gasteiger partial charge in [-0.3, -0.25) is 10.2 Å². The molecule has 0 spiro atoms. The van der Waals surface area contributed by atoms with Crippen molar-refractivity contribution in [3.8, 4) is 0 Å². The predicted molar refractivity (Wildman–Crippen MR) is 89.7 cm³/mol. The van der Waals surface area contributed by atoms with Crippen LogP contribution in [-0.2, 0) is 27.3 Å². The Labute approximate surface area is 143 Å². The normalized spacial score (nSPS) is 11.8. The van der Waals surface area contributed by atoms with Gasteiger partial charge in [-0.15, -0.1) is 0 Å². The summed E-state index contributed by atoms with van der Waals surface area (Å²) in [6, 6.07) is 6.06. The third kappa shape index (κ3) is 6.52. The van der Waals surface area contributed by atoms with Gasteiger partial charge in [0.05, 0.1) is 5.75 Å². The number of hydrogen-bond acceptors (Lipinski definition) is 7. The van der Waals surface area contributed by atoms with Crippen molar-refractivity contribution in [2.24, 2.45) is 5.16 Å². The summed E-state index contributed by atoms with van der Waals surface area (Å²) in [6.07, 6.45) is 0. The number of nitrogens with one attached hydrogen (secondary N) is 2. The number of hydrogen-bond donors (Lipinski definition) is 3. The zero-order valence-corrected chi connectivity index (χ0v) is 14.2. The topological polar surface area (TPSA) is 108 Å². The fourth-order valence-electron chi connectivity index (χ4n) is 1.43. The standard InChI is InChI=1S/C11H12ClN3O4S3/c12-8-3-1-7(2-4-8)9(15-17)5-22(18,19)6-10(16)13-14-11(20)21/h1-4,17H,5-6H2,(H,13,16)(H2,14,20,21)/p-1/b15-9-. The van der Waals surface area contributed by atoms with Crippen molar-refractivity contribution in [3.63, 3.8) is 0 Å². The Bertz CT molecular complexity index is 689. The van der Waals surface area contributed by atoms with Gasteiger partial charge in [0.15, 0.2) is 9.84 Å². The molecule has 0 fully saturated rings. The Kier molecular flexibility index (Phi) is 6.94. The van der Waals surface area contributed by atoms with E-state index < -0.39 is 27.3 Å². The predicted octanol–water partition coefficient (Wildman–Crippen LogP) is 0.386. The number of carbonyl (C=O) groups excluding carboxylic acids is 1. The summed E-state index contributed by atoms with van der Waals surface area (Å²) in [4.78, 5) is 11.4. The summed E-state index contributed by atoms with van der Waals surface area (Å²) in [5, 5.41) is 12.4. The summed E-state index contributed by atoms with van der Waals surface area (Å²) in [6.45, 7) is 0. The van der Waals surface area contributed by atoms with Gasteiger partial charge in [0.1, 0.15) is 11.5 Å². The van der Waals surface area contributed by atoms with Crippen LogP contribution >= 0.6 is 23.8 Å².